The molecular weight excluding hydrogens is 212 g/mol. The summed E-state index contributed by atoms with van der Waals surface area (Å²) >= 11 is 0. The van der Waals surface area contributed by atoms with Gasteiger partial charge in [-0.3, -0.25) is 4.68 Å². The van der Waals surface area contributed by atoms with Gasteiger partial charge in [0, 0.05) is 13.5 Å². The third kappa shape index (κ3) is 2.68. The van der Waals surface area contributed by atoms with E-state index in [4.69, 9.17) is 5.73 Å². The minimum absolute atomic E-state index is 0.270. The minimum Gasteiger partial charge on any atom is -0.330 e. The molecule has 1 aliphatic rings. The number of nitrogens with two attached hydrogens (primary N) is 1. The van der Waals surface area contributed by atoms with Gasteiger partial charge >= 0.3 is 0 Å². The van der Waals surface area contributed by atoms with Crippen molar-refractivity contribution in [2.45, 2.75) is 45.4 Å². The number of nitrogens with zero attached hydrogens (tertiary/aromatic N) is 3. The lowest BCUT2D eigenvalue weighted by atomic mass is 9.68. The Labute approximate surface area is 104 Å². The molecule has 0 spiro atoms. The average molecular weight is 236 g/mol. The first-order valence-electron chi connectivity index (χ1n) is 6.72. The highest BCUT2D eigenvalue weighted by atomic mass is 15.3. The summed E-state index contributed by atoms with van der Waals surface area (Å²) in [6.45, 7) is 3.07. The molecular formula is C13H24N4. The minimum atomic E-state index is 0.270. The molecule has 4 nitrogen and oxygen atoms in total. The predicted octanol–water partition coefficient (Wildman–Crippen LogP) is 1.90. The fourth-order valence-corrected chi connectivity index (χ4v) is 2.97. The van der Waals surface area contributed by atoms with Gasteiger partial charge in [-0.15, -0.1) is 0 Å². The van der Waals surface area contributed by atoms with E-state index in [2.05, 4.69) is 17.0 Å². The maximum Gasteiger partial charge on any atom is 0.138 e. The molecule has 0 aromatic carbocycles. The zero-order valence-electron chi connectivity index (χ0n) is 11.0. The maximum atomic E-state index is 6.03. The summed E-state index contributed by atoms with van der Waals surface area (Å²) in [6.07, 6.45) is 9.07. The summed E-state index contributed by atoms with van der Waals surface area (Å²) in [5, 5.41) is 4.14. The van der Waals surface area contributed by atoms with Gasteiger partial charge in [-0.1, -0.05) is 13.3 Å². The van der Waals surface area contributed by atoms with Gasteiger partial charge in [-0.05, 0) is 43.6 Å². The van der Waals surface area contributed by atoms with Crippen molar-refractivity contribution in [1.82, 2.24) is 14.8 Å². The number of aryl methyl sites for hydroxylation is 1. The Kier molecular flexibility index (Phi) is 3.82. The van der Waals surface area contributed by atoms with E-state index in [1.165, 1.54) is 32.1 Å². The second-order valence-electron chi connectivity index (χ2n) is 5.53. The van der Waals surface area contributed by atoms with Gasteiger partial charge < -0.3 is 5.73 Å². The smallest absolute Gasteiger partial charge is 0.138 e. The SMILES string of the molecule is CCC1CCC(CN)(Cc2ncnn2C)CC1. The van der Waals surface area contributed by atoms with Crippen molar-refractivity contribution >= 4 is 0 Å². The first-order valence-corrected chi connectivity index (χ1v) is 6.72. The predicted molar refractivity (Wildman–Crippen MR) is 68.4 cm³/mol. The van der Waals surface area contributed by atoms with Crippen LogP contribution >= 0.6 is 0 Å². The lowest BCUT2D eigenvalue weighted by Gasteiger charge is -2.39. The van der Waals surface area contributed by atoms with E-state index >= 15 is 0 Å². The molecule has 96 valence electrons. The van der Waals surface area contributed by atoms with Crippen LogP contribution in [0.4, 0.5) is 0 Å². The van der Waals surface area contributed by atoms with Crippen LogP contribution in [-0.4, -0.2) is 21.3 Å². The summed E-state index contributed by atoms with van der Waals surface area (Å²) in [5.74, 6) is 1.99. The van der Waals surface area contributed by atoms with Crippen LogP contribution in [0.15, 0.2) is 6.33 Å². The van der Waals surface area contributed by atoms with Gasteiger partial charge in [0.1, 0.15) is 12.2 Å². The van der Waals surface area contributed by atoms with Crippen LogP contribution in [0.25, 0.3) is 0 Å². The van der Waals surface area contributed by atoms with E-state index < -0.39 is 0 Å². The molecule has 4 heteroatoms. The molecule has 1 aromatic heterocycles. The first kappa shape index (κ1) is 12.6. The fraction of sp³-hybridized carbons (Fsp3) is 0.846. The van der Waals surface area contributed by atoms with Crippen LogP contribution in [0.2, 0.25) is 0 Å². The third-order valence-electron chi connectivity index (χ3n) is 4.51. The van der Waals surface area contributed by atoms with Crippen molar-refractivity contribution < 1.29 is 0 Å². The summed E-state index contributed by atoms with van der Waals surface area (Å²) in [5.41, 5.74) is 6.30. The Bertz CT molecular complexity index is 350. The molecule has 2 N–H and O–H groups in total. The van der Waals surface area contributed by atoms with E-state index in [-0.39, 0.29) is 5.41 Å². The first-order chi connectivity index (χ1) is 8.19. The summed E-state index contributed by atoms with van der Waals surface area (Å²) < 4.78 is 1.88. The van der Waals surface area contributed by atoms with Crippen molar-refractivity contribution in [3.8, 4) is 0 Å². The largest absolute Gasteiger partial charge is 0.330 e. The van der Waals surface area contributed by atoms with E-state index in [0.717, 1.165) is 24.7 Å². The Balaban J connectivity index is 2.04. The molecule has 0 saturated heterocycles. The van der Waals surface area contributed by atoms with Crippen LogP contribution in [0, 0.1) is 11.3 Å². The fourth-order valence-electron chi connectivity index (χ4n) is 2.97. The lowest BCUT2D eigenvalue weighted by molar-refractivity contribution is 0.149. The van der Waals surface area contributed by atoms with Crippen molar-refractivity contribution in [3.63, 3.8) is 0 Å². The molecule has 0 bridgehead atoms. The molecule has 0 atom stereocenters. The van der Waals surface area contributed by atoms with Gasteiger partial charge in [0.2, 0.25) is 0 Å². The van der Waals surface area contributed by atoms with Crippen molar-refractivity contribution in [3.05, 3.63) is 12.2 Å². The Morgan fingerprint density at radius 1 is 1.47 bits per heavy atom. The summed E-state index contributed by atoms with van der Waals surface area (Å²) in [7, 11) is 1.96. The standard InChI is InChI=1S/C13H24N4/c1-3-11-4-6-13(9-14,7-5-11)8-12-15-10-16-17(12)2/h10-11H,3-9,14H2,1-2H3. The Hall–Kier alpha value is -0.900. The van der Waals surface area contributed by atoms with E-state index in [0.29, 0.717) is 0 Å². The molecule has 0 amide bonds. The summed E-state index contributed by atoms with van der Waals surface area (Å²) in [6, 6.07) is 0. The molecule has 0 aliphatic heterocycles. The third-order valence-corrected chi connectivity index (χ3v) is 4.51. The zero-order valence-corrected chi connectivity index (χ0v) is 11.0. The quantitative estimate of drug-likeness (QED) is 0.868. The van der Waals surface area contributed by atoms with Gasteiger partial charge in [0.15, 0.2) is 0 Å². The monoisotopic (exact) mass is 236 g/mol. The van der Waals surface area contributed by atoms with Crippen LogP contribution in [-0.2, 0) is 13.5 Å². The van der Waals surface area contributed by atoms with Crippen molar-refractivity contribution in [1.29, 1.82) is 0 Å². The van der Waals surface area contributed by atoms with Gasteiger partial charge in [0.25, 0.3) is 0 Å². The Morgan fingerprint density at radius 2 is 2.18 bits per heavy atom. The lowest BCUT2D eigenvalue weighted by Crippen LogP contribution is -2.37. The molecule has 0 radical (unpaired) electrons. The highest BCUT2D eigenvalue weighted by Gasteiger charge is 2.34. The van der Waals surface area contributed by atoms with E-state index in [9.17, 15) is 0 Å². The van der Waals surface area contributed by atoms with Crippen LogP contribution in [0.5, 0.6) is 0 Å². The molecule has 1 aliphatic carbocycles. The summed E-state index contributed by atoms with van der Waals surface area (Å²) in [4.78, 5) is 4.34. The number of aromatic nitrogens is 3. The van der Waals surface area contributed by atoms with Gasteiger partial charge in [0.05, 0.1) is 0 Å². The number of rotatable bonds is 4. The van der Waals surface area contributed by atoms with Crippen molar-refractivity contribution in [2.24, 2.45) is 24.1 Å². The second-order valence-corrected chi connectivity index (χ2v) is 5.53. The average Bonchev–Trinajstić information content (AvgIpc) is 2.76. The van der Waals surface area contributed by atoms with Crippen LogP contribution < -0.4 is 5.73 Å². The molecule has 1 aromatic rings. The topological polar surface area (TPSA) is 56.7 Å². The highest BCUT2D eigenvalue weighted by molar-refractivity contribution is 4.96. The van der Waals surface area contributed by atoms with Crippen LogP contribution in [0.3, 0.4) is 0 Å². The highest BCUT2D eigenvalue weighted by Crippen LogP contribution is 2.41. The molecule has 1 heterocycles. The zero-order chi connectivity index (χ0) is 12.3. The normalized spacial score (nSPS) is 29.5. The maximum absolute atomic E-state index is 6.03. The van der Waals surface area contributed by atoms with Crippen LogP contribution in [0.1, 0.15) is 44.9 Å². The van der Waals surface area contributed by atoms with Gasteiger partial charge in [-0.25, -0.2) is 4.98 Å². The molecule has 1 fully saturated rings. The van der Waals surface area contributed by atoms with Crippen molar-refractivity contribution in [2.75, 3.05) is 6.54 Å². The molecule has 17 heavy (non-hydrogen) atoms. The van der Waals surface area contributed by atoms with E-state index in [1.54, 1.807) is 6.33 Å². The number of hydrogen-bond acceptors (Lipinski definition) is 3. The second kappa shape index (κ2) is 5.17. The number of hydrogen-bond donors (Lipinski definition) is 1. The Morgan fingerprint density at radius 3 is 2.65 bits per heavy atom. The molecule has 2 rings (SSSR count). The molecule has 0 unspecified atom stereocenters. The van der Waals surface area contributed by atoms with E-state index in [1.807, 2.05) is 11.7 Å². The van der Waals surface area contributed by atoms with Gasteiger partial charge in [-0.2, -0.15) is 5.10 Å². The molecule has 1 saturated carbocycles.